The minimum atomic E-state index is -0.416. The van der Waals surface area contributed by atoms with Gasteiger partial charge in [0.2, 0.25) is 0 Å². The highest BCUT2D eigenvalue weighted by Gasteiger charge is 2.10. The third-order valence-corrected chi connectivity index (χ3v) is 3.06. The number of carbonyl (C=O) groups excluding carboxylic acids is 1. The van der Waals surface area contributed by atoms with E-state index in [0.717, 1.165) is 0 Å². The topological polar surface area (TPSA) is 70.6 Å². The summed E-state index contributed by atoms with van der Waals surface area (Å²) in [5, 5.41) is 14.3. The number of aliphatic hydroxyl groups is 1. The van der Waals surface area contributed by atoms with E-state index in [9.17, 15) is 9.18 Å². The van der Waals surface area contributed by atoms with Gasteiger partial charge in [0.05, 0.1) is 12.6 Å². The predicted octanol–water partition coefficient (Wildman–Crippen LogP) is 1.78. The Bertz CT molecular complexity index is 425. The molecule has 7 heteroatoms. The molecule has 1 aromatic carbocycles. The first-order chi connectivity index (χ1) is 9.55. The quantitative estimate of drug-likeness (QED) is 0.703. The standard InChI is InChI=1S/C13H18BrFN2O3/c1-20-3-2-12(8-18)17-13(19)16-7-9-4-10(14)6-11(15)5-9/h4-6,12,18H,2-3,7-8H2,1H3,(H2,16,17,19). The monoisotopic (exact) mass is 348 g/mol. The van der Waals surface area contributed by atoms with Crippen LogP contribution in [0.25, 0.3) is 0 Å². The van der Waals surface area contributed by atoms with Crippen molar-refractivity contribution in [1.29, 1.82) is 0 Å². The molecular formula is C13H18BrFN2O3. The van der Waals surface area contributed by atoms with Gasteiger partial charge >= 0.3 is 6.03 Å². The molecule has 1 unspecified atom stereocenters. The summed E-state index contributed by atoms with van der Waals surface area (Å²) in [5.41, 5.74) is 0.643. The van der Waals surface area contributed by atoms with Gasteiger partial charge < -0.3 is 20.5 Å². The zero-order chi connectivity index (χ0) is 15.0. The maximum absolute atomic E-state index is 13.2. The predicted molar refractivity (Wildman–Crippen MR) is 76.8 cm³/mol. The smallest absolute Gasteiger partial charge is 0.315 e. The average Bonchev–Trinajstić information content (AvgIpc) is 2.40. The summed E-state index contributed by atoms with van der Waals surface area (Å²) in [6.45, 7) is 0.481. The summed E-state index contributed by atoms with van der Waals surface area (Å²) in [7, 11) is 1.55. The lowest BCUT2D eigenvalue weighted by atomic mass is 10.2. The fourth-order valence-electron chi connectivity index (χ4n) is 1.60. The first-order valence-electron chi connectivity index (χ1n) is 6.14. The van der Waals surface area contributed by atoms with Gasteiger partial charge in [0.15, 0.2) is 0 Å². The third kappa shape index (κ3) is 6.31. The van der Waals surface area contributed by atoms with Gasteiger partial charge in [-0.25, -0.2) is 9.18 Å². The second kappa shape index (κ2) is 8.89. The Morgan fingerprint density at radius 1 is 1.50 bits per heavy atom. The molecule has 5 nitrogen and oxygen atoms in total. The number of benzene rings is 1. The minimum Gasteiger partial charge on any atom is -0.394 e. The SMILES string of the molecule is COCCC(CO)NC(=O)NCc1cc(F)cc(Br)c1. The lowest BCUT2D eigenvalue weighted by Gasteiger charge is -2.16. The number of amides is 2. The second-order valence-corrected chi connectivity index (χ2v) is 5.18. The number of rotatable bonds is 7. The average molecular weight is 349 g/mol. The maximum atomic E-state index is 13.2. The lowest BCUT2D eigenvalue weighted by Crippen LogP contribution is -2.44. The van der Waals surface area contributed by atoms with Crippen LogP contribution in [-0.2, 0) is 11.3 Å². The minimum absolute atomic E-state index is 0.164. The molecule has 0 saturated carbocycles. The Hall–Kier alpha value is -1.18. The number of carbonyl (C=O) groups is 1. The van der Waals surface area contributed by atoms with E-state index in [0.29, 0.717) is 23.1 Å². The van der Waals surface area contributed by atoms with E-state index >= 15 is 0 Å². The van der Waals surface area contributed by atoms with Gasteiger partial charge in [-0.05, 0) is 30.2 Å². The molecule has 0 fully saturated rings. The van der Waals surface area contributed by atoms with E-state index in [2.05, 4.69) is 26.6 Å². The molecule has 20 heavy (non-hydrogen) atoms. The summed E-state index contributed by atoms with van der Waals surface area (Å²) in [6, 6.07) is 3.63. The van der Waals surface area contributed by atoms with Crippen LogP contribution in [0.4, 0.5) is 9.18 Å². The summed E-state index contributed by atoms with van der Waals surface area (Å²) in [4.78, 5) is 11.6. The molecule has 0 radical (unpaired) electrons. The molecule has 112 valence electrons. The van der Waals surface area contributed by atoms with E-state index in [1.165, 1.54) is 12.1 Å². The molecule has 0 aliphatic carbocycles. The van der Waals surface area contributed by atoms with Crippen LogP contribution in [0.15, 0.2) is 22.7 Å². The van der Waals surface area contributed by atoms with Crippen molar-refractivity contribution >= 4 is 22.0 Å². The summed E-state index contributed by atoms with van der Waals surface area (Å²) in [6.07, 6.45) is 0.520. The highest BCUT2D eigenvalue weighted by molar-refractivity contribution is 9.10. The Balaban J connectivity index is 2.42. The second-order valence-electron chi connectivity index (χ2n) is 4.27. The van der Waals surface area contributed by atoms with E-state index < -0.39 is 6.03 Å². The van der Waals surface area contributed by atoms with Crippen molar-refractivity contribution in [3.63, 3.8) is 0 Å². The van der Waals surface area contributed by atoms with Crippen molar-refractivity contribution < 1.29 is 19.0 Å². The number of methoxy groups -OCH3 is 1. The first-order valence-corrected chi connectivity index (χ1v) is 6.93. The summed E-state index contributed by atoms with van der Waals surface area (Å²) in [5.74, 6) is -0.370. The van der Waals surface area contributed by atoms with Gasteiger partial charge in [-0.1, -0.05) is 15.9 Å². The van der Waals surface area contributed by atoms with E-state index in [-0.39, 0.29) is 25.0 Å². The van der Waals surface area contributed by atoms with Gasteiger partial charge in [0, 0.05) is 24.7 Å². The Morgan fingerprint density at radius 2 is 2.25 bits per heavy atom. The molecule has 1 rings (SSSR count). The van der Waals surface area contributed by atoms with Crippen molar-refractivity contribution in [2.24, 2.45) is 0 Å². The van der Waals surface area contributed by atoms with Crippen LogP contribution >= 0.6 is 15.9 Å². The van der Waals surface area contributed by atoms with Crippen LogP contribution in [0, 0.1) is 5.82 Å². The van der Waals surface area contributed by atoms with Crippen molar-refractivity contribution in [2.75, 3.05) is 20.3 Å². The van der Waals surface area contributed by atoms with Gasteiger partial charge in [-0.2, -0.15) is 0 Å². The number of urea groups is 1. The zero-order valence-electron chi connectivity index (χ0n) is 11.2. The normalized spacial score (nSPS) is 12.0. The van der Waals surface area contributed by atoms with Crippen molar-refractivity contribution in [3.8, 4) is 0 Å². The summed E-state index contributed by atoms with van der Waals surface area (Å²) >= 11 is 3.18. The number of hydrogen-bond acceptors (Lipinski definition) is 3. The molecule has 0 aliphatic rings. The molecule has 1 aromatic rings. The molecule has 1 atom stereocenters. The van der Waals surface area contributed by atoms with Crippen LogP contribution in [0.5, 0.6) is 0 Å². The third-order valence-electron chi connectivity index (χ3n) is 2.60. The number of aliphatic hydroxyl groups excluding tert-OH is 1. The van der Waals surface area contributed by atoms with Gasteiger partial charge in [-0.3, -0.25) is 0 Å². The van der Waals surface area contributed by atoms with E-state index in [1.54, 1.807) is 13.2 Å². The summed E-state index contributed by atoms with van der Waals surface area (Å²) < 4.78 is 18.6. The highest BCUT2D eigenvalue weighted by Crippen LogP contribution is 2.14. The molecule has 0 saturated heterocycles. The van der Waals surface area contributed by atoms with Crippen LogP contribution in [-0.4, -0.2) is 37.5 Å². The molecule has 2 amide bonds. The van der Waals surface area contributed by atoms with Crippen LogP contribution < -0.4 is 10.6 Å². The molecular weight excluding hydrogens is 331 g/mol. The van der Waals surface area contributed by atoms with E-state index in [1.807, 2.05) is 0 Å². The van der Waals surface area contributed by atoms with Crippen LogP contribution in [0.2, 0.25) is 0 Å². The fourth-order valence-corrected chi connectivity index (χ4v) is 2.11. The Morgan fingerprint density at radius 3 is 2.85 bits per heavy atom. The van der Waals surface area contributed by atoms with Crippen molar-refractivity contribution in [1.82, 2.24) is 10.6 Å². The molecule has 3 N–H and O–H groups in total. The molecule has 0 bridgehead atoms. The van der Waals surface area contributed by atoms with Gasteiger partial charge in [-0.15, -0.1) is 0 Å². The van der Waals surface area contributed by atoms with Crippen LogP contribution in [0.3, 0.4) is 0 Å². The van der Waals surface area contributed by atoms with E-state index in [4.69, 9.17) is 9.84 Å². The van der Waals surface area contributed by atoms with Gasteiger partial charge in [0.25, 0.3) is 0 Å². The van der Waals surface area contributed by atoms with Crippen molar-refractivity contribution in [3.05, 3.63) is 34.1 Å². The lowest BCUT2D eigenvalue weighted by molar-refractivity contribution is 0.159. The fraction of sp³-hybridized carbons (Fsp3) is 0.462. The highest BCUT2D eigenvalue weighted by atomic mass is 79.9. The van der Waals surface area contributed by atoms with Gasteiger partial charge in [0.1, 0.15) is 5.82 Å². The Labute approximate surface area is 125 Å². The maximum Gasteiger partial charge on any atom is 0.315 e. The molecule has 0 aliphatic heterocycles. The molecule has 0 heterocycles. The number of nitrogens with one attached hydrogen (secondary N) is 2. The number of ether oxygens (including phenoxy) is 1. The largest absolute Gasteiger partial charge is 0.394 e. The number of hydrogen-bond donors (Lipinski definition) is 3. The molecule has 0 spiro atoms. The van der Waals surface area contributed by atoms with Crippen molar-refractivity contribution in [2.45, 2.75) is 19.0 Å². The zero-order valence-corrected chi connectivity index (χ0v) is 12.7. The van der Waals surface area contributed by atoms with Crippen LogP contribution in [0.1, 0.15) is 12.0 Å². The number of halogens is 2. The Kier molecular flexibility index (Phi) is 7.50. The molecule has 0 aromatic heterocycles. The first kappa shape index (κ1) is 16.9.